The van der Waals surface area contributed by atoms with E-state index in [1.807, 2.05) is 38.1 Å². The molecule has 4 rings (SSSR count). The number of hydrogen-bond acceptors (Lipinski definition) is 4. The fraction of sp³-hybridized carbons (Fsp3) is 0.136. The lowest BCUT2D eigenvalue weighted by Crippen LogP contribution is -2.24. The van der Waals surface area contributed by atoms with Crippen LogP contribution in [0.1, 0.15) is 21.6 Å². The predicted octanol–water partition coefficient (Wildman–Crippen LogP) is 5.32. The van der Waals surface area contributed by atoms with Crippen LogP contribution in [0, 0.1) is 25.2 Å². The first-order valence-corrected chi connectivity index (χ1v) is 9.93. The highest BCUT2D eigenvalue weighted by Crippen LogP contribution is 2.29. The second-order valence-corrected chi connectivity index (χ2v) is 8.25. The first-order chi connectivity index (χ1) is 13.5. The number of rotatable bonds is 3. The molecule has 6 heteroatoms. The normalized spacial score (nSPS) is 10.9. The summed E-state index contributed by atoms with van der Waals surface area (Å²) in [4.78, 5) is 20.1. The molecule has 0 unspecified atom stereocenters. The van der Waals surface area contributed by atoms with Crippen molar-refractivity contribution in [2.45, 2.75) is 20.4 Å². The molecule has 138 valence electrons. The van der Waals surface area contributed by atoms with Crippen LogP contribution in [0.3, 0.4) is 0 Å². The quantitative estimate of drug-likeness (QED) is 0.463. The number of fused-ring (bicyclic) bond motifs is 1. The molecule has 0 aliphatic heterocycles. The summed E-state index contributed by atoms with van der Waals surface area (Å²) in [6, 6.07) is 16.7. The Morgan fingerprint density at radius 3 is 2.64 bits per heavy atom. The van der Waals surface area contributed by atoms with Gasteiger partial charge < -0.3 is 0 Å². The van der Waals surface area contributed by atoms with Gasteiger partial charge in [-0.15, -0.1) is 11.3 Å². The van der Waals surface area contributed by atoms with Crippen molar-refractivity contribution in [1.82, 2.24) is 9.55 Å². The van der Waals surface area contributed by atoms with Crippen LogP contribution in [-0.4, -0.2) is 9.55 Å². The van der Waals surface area contributed by atoms with Crippen molar-refractivity contribution in [3.05, 3.63) is 85.5 Å². The Hall–Kier alpha value is -2.94. The topological polar surface area (TPSA) is 58.7 Å². The van der Waals surface area contributed by atoms with Gasteiger partial charge in [-0.3, -0.25) is 9.36 Å². The molecule has 0 aliphatic carbocycles. The lowest BCUT2D eigenvalue weighted by Gasteiger charge is -2.13. The summed E-state index contributed by atoms with van der Waals surface area (Å²) in [5, 5.41) is 10.5. The highest BCUT2D eigenvalue weighted by atomic mass is 35.5. The number of nitriles is 1. The van der Waals surface area contributed by atoms with E-state index in [1.165, 1.54) is 11.3 Å². The molecular formula is C22H16ClN3OS. The van der Waals surface area contributed by atoms with E-state index in [0.717, 1.165) is 26.4 Å². The predicted molar refractivity (Wildman–Crippen MR) is 114 cm³/mol. The Labute approximate surface area is 171 Å². The van der Waals surface area contributed by atoms with E-state index >= 15 is 0 Å². The minimum Gasteiger partial charge on any atom is -0.288 e. The molecule has 0 amide bonds. The summed E-state index contributed by atoms with van der Waals surface area (Å²) < 4.78 is 1.68. The van der Waals surface area contributed by atoms with Crippen molar-refractivity contribution < 1.29 is 0 Å². The van der Waals surface area contributed by atoms with E-state index in [4.69, 9.17) is 16.6 Å². The van der Waals surface area contributed by atoms with Gasteiger partial charge in [0.1, 0.15) is 10.7 Å². The van der Waals surface area contributed by atoms with Gasteiger partial charge in [0.05, 0.1) is 23.6 Å². The molecule has 0 spiro atoms. The summed E-state index contributed by atoms with van der Waals surface area (Å²) in [5.41, 5.74) is 3.17. The third-order valence-electron chi connectivity index (χ3n) is 4.79. The van der Waals surface area contributed by atoms with Gasteiger partial charge in [0.25, 0.3) is 5.56 Å². The summed E-state index contributed by atoms with van der Waals surface area (Å²) >= 11 is 7.57. The molecule has 0 saturated carbocycles. The van der Waals surface area contributed by atoms with E-state index in [-0.39, 0.29) is 5.56 Å². The van der Waals surface area contributed by atoms with Crippen molar-refractivity contribution >= 4 is 33.2 Å². The standard InChI is InChI=1S/C22H16ClN3OS/c1-13-14(2)28-21-19(13)22(27)26(12-16-5-3-4-15(10-16)11-24)20(25-21)17-6-8-18(23)9-7-17/h3-10H,12H2,1-2H3. The molecule has 0 radical (unpaired) electrons. The molecule has 0 bridgehead atoms. The average molecular weight is 406 g/mol. The van der Waals surface area contributed by atoms with Crippen molar-refractivity contribution in [3.8, 4) is 17.5 Å². The van der Waals surface area contributed by atoms with Crippen LogP contribution < -0.4 is 5.56 Å². The summed E-state index contributed by atoms with van der Waals surface area (Å²) in [5.74, 6) is 0.595. The maximum absolute atomic E-state index is 13.4. The van der Waals surface area contributed by atoms with Crippen LogP contribution in [0.4, 0.5) is 0 Å². The van der Waals surface area contributed by atoms with E-state index in [9.17, 15) is 10.1 Å². The summed E-state index contributed by atoms with van der Waals surface area (Å²) in [7, 11) is 0. The number of halogens is 1. The third kappa shape index (κ3) is 3.22. The van der Waals surface area contributed by atoms with E-state index in [1.54, 1.807) is 28.8 Å². The van der Waals surface area contributed by atoms with Crippen LogP contribution in [0.25, 0.3) is 21.6 Å². The second-order valence-electron chi connectivity index (χ2n) is 6.61. The minimum absolute atomic E-state index is 0.0702. The van der Waals surface area contributed by atoms with Gasteiger partial charge in [0.2, 0.25) is 0 Å². The number of hydrogen-bond donors (Lipinski definition) is 0. The molecule has 0 fully saturated rings. The minimum atomic E-state index is -0.0702. The molecule has 4 aromatic rings. The number of thiophene rings is 1. The summed E-state index contributed by atoms with van der Waals surface area (Å²) in [6.07, 6.45) is 0. The van der Waals surface area contributed by atoms with Crippen LogP contribution in [0.5, 0.6) is 0 Å². The van der Waals surface area contributed by atoms with Gasteiger partial charge in [0.15, 0.2) is 0 Å². The average Bonchev–Trinajstić information content (AvgIpc) is 2.99. The second kappa shape index (κ2) is 7.23. The van der Waals surface area contributed by atoms with Gasteiger partial charge in [-0.25, -0.2) is 4.98 Å². The largest absolute Gasteiger partial charge is 0.288 e. The maximum Gasteiger partial charge on any atom is 0.263 e. The number of benzene rings is 2. The lowest BCUT2D eigenvalue weighted by molar-refractivity contribution is 0.759. The van der Waals surface area contributed by atoms with Gasteiger partial charge in [-0.1, -0.05) is 23.7 Å². The Kier molecular flexibility index (Phi) is 4.76. The van der Waals surface area contributed by atoms with Gasteiger partial charge in [0, 0.05) is 15.5 Å². The fourth-order valence-corrected chi connectivity index (χ4v) is 4.36. The number of nitrogens with zero attached hydrogens (tertiary/aromatic N) is 3. The van der Waals surface area contributed by atoms with Crippen molar-refractivity contribution in [2.75, 3.05) is 0 Å². The lowest BCUT2D eigenvalue weighted by atomic mass is 10.1. The van der Waals surface area contributed by atoms with Crippen LogP contribution in [0.15, 0.2) is 53.3 Å². The fourth-order valence-electron chi connectivity index (χ4n) is 3.22. The number of aromatic nitrogens is 2. The van der Waals surface area contributed by atoms with Crippen molar-refractivity contribution in [1.29, 1.82) is 5.26 Å². The smallest absolute Gasteiger partial charge is 0.263 e. The first-order valence-electron chi connectivity index (χ1n) is 8.73. The molecule has 0 atom stereocenters. The zero-order chi connectivity index (χ0) is 19.8. The first kappa shape index (κ1) is 18.4. The number of aryl methyl sites for hydroxylation is 2. The van der Waals surface area contributed by atoms with Crippen molar-refractivity contribution in [3.63, 3.8) is 0 Å². The molecular weight excluding hydrogens is 390 g/mol. The van der Waals surface area contributed by atoms with Crippen LogP contribution in [-0.2, 0) is 6.54 Å². The Balaban J connectivity index is 1.98. The zero-order valence-electron chi connectivity index (χ0n) is 15.4. The van der Waals surface area contributed by atoms with Crippen molar-refractivity contribution in [2.24, 2.45) is 0 Å². The van der Waals surface area contributed by atoms with E-state index < -0.39 is 0 Å². The molecule has 2 aromatic heterocycles. The van der Waals surface area contributed by atoms with E-state index in [0.29, 0.717) is 28.3 Å². The molecule has 0 saturated heterocycles. The molecule has 0 aliphatic rings. The highest BCUT2D eigenvalue weighted by molar-refractivity contribution is 7.18. The molecule has 2 aromatic carbocycles. The van der Waals surface area contributed by atoms with Gasteiger partial charge >= 0.3 is 0 Å². The van der Waals surface area contributed by atoms with Crippen LogP contribution >= 0.6 is 22.9 Å². The maximum atomic E-state index is 13.4. The Morgan fingerprint density at radius 2 is 1.93 bits per heavy atom. The molecule has 4 nitrogen and oxygen atoms in total. The van der Waals surface area contributed by atoms with Gasteiger partial charge in [-0.2, -0.15) is 5.26 Å². The highest BCUT2D eigenvalue weighted by Gasteiger charge is 2.18. The molecule has 2 heterocycles. The zero-order valence-corrected chi connectivity index (χ0v) is 16.9. The third-order valence-corrected chi connectivity index (χ3v) is 6.14. The Bertz CT molecular complexity index is 1300. The monoisotopic (exact) mass is 405 g/mol. The van der Waals surface area contributed by atoms with E-state index in [2.05, 4.69) is 6.07 Å². The summed E-state index contributed by atoms with van der Waals surface area (Å²) in [6.45, 7) is 4.30. The van der Waals surface area contributed by atoms with Gasteiger partial charge in [-0.05, 0) is 61.4 Å². The Morgan fingerprint density at radius 1 is 1.18 bits per heavy atom. The molecule has 0 N–H and O–H groups in total. The SMILES string of the molecule is Cc1sc2nc(-c3ccc(Cl)cc3)n(Cc3cccc(C#N)c3)c(=O)c2c1C. The molecule has 28 heavy (non-hydrogen) atoms. The van der Waals surface area contributed by atoms with Crippen LogP contribution in [0.2, 0.25) is 5.02 Å².